The molecule has 0 aliphatic carbocycles. The molecule has 16 heavy (non-hydrogen) atoms. The summed E-state index contributed by atoms with van der Waals surface area (Å²) in [6, 6.07) is 2.36. The van der Waals surface area contributed by atoms with Crippen molar-refractivity contribution in [3.8, 4) is 6.07 Å². The molecule has 0 saturated carbocycles. The molecule has 1 aromatic rings. The van der Waals surface area contributed by atoms with Gasteiger partial charge >= 0.3 is 0 Å². The van der Waals surface area contributed by atoms with Crippen molar-refractivity contribution in [2.24, 2.45) is 5.92 Å². The van der Waals surface area contributed by atoms with Crippen molar-refractivity contribution in [1.29, 1.82) is 5.26 Å². The standard InChI is InChI=1S/C12H17N3S/c1-9-10(2)16-12(14-9)8-15-5-3-11(7-13)4-6-15/h11H,3-6,8H2,1-2H3. The number of aromatic nitrogens is 1. The number of piperidine rings is 1. The molecule has 2 heterocycles. The minimum absolute atomic E-state index is 0.274. The Balaban J connectivity index is 1.90. The Morgan fingerprint density at radius 2 is 2.12 bits per heavy atom. The number of likely N-dealkylation sites (tertiary alicyclic amines) is 1. The van der Waals surface area contributed by atoms with Crippen LogP contribution in [0, 0.1) is 31.1 Å². The highest BCUT2D eigenvalue weighted by molar-refractivity contribution is 7.11. The van der Waals surface area contributed by atoms with Gasteiger partial charge in [0.2, 0.25) is 0 Å². The van der Waals surface area contributed by atoms with Gasteiger partial charge in [-0.25, -0.2) is 4.98 Å². The molecular weight excluding hydrogens is 218 g/mol. The molecule has 0 N–H and O–H groups in total. The van der Waals surface area contributed by atoms with Crippen LogP contribution in [0.4, 0.5) is 0 Å². The highest BCUT2D eigenvalue weighted by Gasteiger charge is 2.19. The van der Waals surface area contributed by atoms with Gasteiger partial charge in [0, 0.05) is 10.8 Å². The average Bonchev–Trinajstić information content (AvgIpc) is 2.59. The van der Waals surface area contributed by atoms with Gasteiger partial charge < -0.3 is 0 Å². The molecule has 0 amide bonds. The zero-order valence-corrected chi connectivity index (χ0v) is 10.7. The van der Waals surface area contributed by atoms with E-state index in [2.05, 4.69) is 29.8 Å². The Bertz CT molecular complexity index is 377. The first-order chi connectivity index (χ1) is 7.69. The fraction of sp³-hybridized carbons (Fsp3) is 0.667. The first kappa shape index (κ1) is 11.6. The number of hydrogen-bond acceptors (Lipinski definition) is 4. The number of rotatable bonds is 2. The van der Waals surface area contributed by atoms with Crippen LogP contribution >= 0.6 is 11.3 Å². The van der Waals surface area contributed by atoms with E-state index in [0.29, 0.717) is 0 Å². The zero-order valence-electron chi connectivity index (χ0n) is 9.86. The van der Waals surface area contributed by atoms with Crippen molar-refractivity contribution in [3.63, 3.8) is 0 Å². The van der Waals surface area contributed by atoms with E-state index in [-0.39, 0.29) is 5.92 Å². The Kier molecular flexibility index (Phi) is 3.57. The summed E-state index contributed by atoms with van der Waals surface area (Å²) in [6.07, 6.45) is 2.03. The van der Waals surface area contributed by atoms with E-state index in [1.54, 1.807) is 11.3 Å². The predicted molar refractivity (Wildman–Crippen MR) is 65.2 cm³/mol. The van der Waals surface area contributed by atoms with Gasteiger partial charge in [-0.15, -0.1) is 11.3 Å². The molecule has 4 heteroatoms. The maximum Gasteiger partial charge on any atom is 0.107 e. The minimum atomic E-state index is 0.274. The fourth-order valence-electron chi connectivity index (χ4n) is 2.02. The number of thiazole rings is 1. The van der Waals surface area contributed by atoms with E-state index in [9.17, 15) is 0 Å². The lowest BCUT2D eigenvalue weighted by atomic mass is 9.99. The molecule has 1 aromatic heterocycles. The van der Waals surface area contributed by atoms with E-state index in [1.165, 1.54) is 9.88 Å². The van der Waals surface area contributed by atoms with Gasteiger partial charge in [-0.2, -0.15) is 5.26 Å². The van der Waals surface area contributed by atoms with E-state index in [0.717, 1.165) is 38.2 Å². The summed E-state index contributed by atoms with van der Waals surface area (Å²) >= 11 is 1.80. The molecule has 86 valence electrons. The van der Waals surface area contributed by atoms with Gasteiger partial charge in [0.05, 0.1) is 18.3 Å². The van der Waals surface area contributed by atoms with Gasteiger partial charge in [0.15, 0.2) is 0 Å². The second-order valence-electron chi connectivity index (χ2n) is 4.43. The molecule has 3 nitrogen and oxygen atoms in total. The van der Waals surface area contributed by atoms with Crippen LogP contribution in [0.5, 0.6) is 0 Å². The number of aryl methyl sites for hydroxylation is 2. The summed E-state index contributed by atoms with van der Waals surface area (Å²) in [5.74, 6) is 0.274. The second-order valence-corrected chi connectivity index (χ2v) is 5.72. The Morgan fingerprint density at radius 1 is 1.44 bits per heavy atom. The smallest absolute Gasteiger partial charge is 0.107 e. The fourth-order valence-corrected chi connectivity index (χ4v) is 2.99. The van der Waals surface area contributed by atoms with Crippen LogP contribution in [0.3, 0.4) is 0 Å². The molecule has 0 spiro atoms. The van der Waals surface area contributed by atoms with Crippen molar-refractivity contribution in [2.75, 3.05) is 13.1 Å². The van der Waals surface area contributed by atoms with Crippen molar-refractivity contribution in [3.05, 3.63) is 15.6 Å². The number of hydrogen-bond donors (Lipinski definition) is 0. The van der Waals surface area contributed by atoms with Gasteiger partial charge in [0.1, 0.15) is 5.01 Å². The highest BCUT2D eigenvalue weighted by Crippen LogP contribution is 2.21. The summed E-state index contributed by atoms with van der Waals surface area (Å²) in [5.41, 5.74) is 1.16. The maximum absolute atomic E-state index is 8.83. The lowest BCUT2D eigenvalue weighted by Gasteiger charge is -2.28. The Morgan fingerprint density at radius 3 is 2.62 bits per heavy atom. The van der Waals surface area contributed by atoms with Crippen LogP contribution in [0.1, 0.15) is 28.4 Å². The number of nitriles is 1. The lowest BCUT2D eigenvalue weighted by Crippen LogP contribution is -2.32. The topological polar surface area (TPSA) is 39.9 Å². The van der Waals surface area contributed by atoms with Crippen LogP contribution in [0.25, 0.3) is 0 Å². The summed E-state index contributed by atoms with van der Waals surface area (Å²) in [7, 11) is 0. The largest absolute Gasteiger partial charge is 0.297 e. The molecule has 0 unspecified atom stereocenters. The quantitative estimate of drug-likeness (QED) is 0.790. The normalized spacial score (nSPS) is 18.6. The molecule has 0 radical (unpaired) electrons. The zero-order chi connectivity index (χ0) is 11.5. The van der Waals surface area contributed by atoms with Crippen molar-refractivity contribution >= 4 is 11.3 Å². The van der Waals surface area contributed by atoms with E-state index in [1.807, 2.05) is 0 Å². The summed E-state index contributed by atoms with van der Waals surface area (Å²) in [5, 5.41) is 10.0. The Hall–Kier alpha value is -0.920. The van der Waals surface area contributed by atoms with E-state index >= 15 is 0 Å². The molecule has 1 fully saturated rings. The summed E-state index contributed by atoms with van der Waals surface area (Å²) in [4.78, 5) is 8.28. The van der Waals surface area contributed by atoms with Crippen LogP contribution < -0.4 is 0 Å². The monoisotopic (exact) mass is 235 g/mol. The molecule has 1 saturated heterocycles. The molecule has 1 aliphatic heterocycles. The van der Waals surface area contributed by atoms with E-state index in [4.69, 9.17) is 5.26 Å². The van der Waals surface area contributed by atoms with Crippen molar-refractivity contribution in [1.82, 2.24) is 9.88 Å². The summed E-state index contributed by atoms with van der Waals surface area (Å²) in [6.45, 7) is 7.22. The third kappa shape index (κ3) is 2.60. The number of nitrogens with zero attached hydrogens (tertiary/aromatic N) is 3. The molecule has 0 bridgehead atoms. The van der Waals surface area contributed by atoms with Crippen LogP contribution in [0.15, 0.2) is 0 Å². The molecule has 2 rings (SSSR count). The molecule has 0 aromatic carbocycles. The van der Waals surface area contributed by atoms with Crippen LogP contribution in [-0.2, 0) is 6.54 Å². The minimum Gasteiger partial charge on any atom is -0.297 e. The lowest BCUT2D eigenvalue weighted by molar-refractivity contribution is 0.198. The van der Waals surface area contributed by atoms with E-state index < -0.39 is 0 Å². The summed E-state index contributed by atoms with van der Waals surface area (Å²) < 4.78 is 0. The SMILES string of the molecule is Cc1nc(CN2CCC(C#N)CC2)sc1C. The predicted octanol–water partition coefficient (Wildman–Crippen LogP) is 2.50. The highest BCUT2D eigenvalue weighted by atomic mass is 32.1. The van der Waals surface area contributed by atoms with Crippen molar-refractivity contribution < 1.29 is 0 Å². The molecular formula is C12H17N3S. The van der Waals surface area contributed by atoms with Gasteiger partial charge in [-0.3, -0.25) is 4.90 Å². The van der Waals surface area contributed by atoms with Gasteiger partial charge in [0.25, 0.3) is 0 Å². The third-order valence-corrected chi connectivity index (χ3v) is 4.26. The van der Waals surface area contributed by atoms with Crippen LogP contribution in [-0.4, -0.2) is 23.0 Å². The van der Waals surface area contributed by atoms with Gasteiger partial charge in [-0.1, -0.05) is 0 Å². The second kappa shape index (κ2) is 4.94. The Labute approximate surface area is 101 Å². The third-order valence-electron chi connectivity index (χ3n) is 3.20. The molecule has 1 aliphatic rings. The first-order valence-corrected chi connectivity index (χ1v) is 6.55. The first-order valence-electron chi connectivity index (χ1n) is 5.74. The van der Waals surface area contributed by atoms with Crippen molar-refractivity contribution in [2.45, 2.75) is 33.2 Å². The average molecular weight is 235 g/mol. The molecule has 0 atom stereocenters. The van der Waals surface area contributed by atoms with Gasteiger partial charge in [-0.05, 0) is 39.8 Å². The maximum atomic E-state index is 8.83. The van der Waals surface area contributed by atoms with Crippen LogP contribution in [0.2, 0.25) is 0 Å².